The van der Waals surface area contributed by atoms with Gasteiger partial charge in [0, 0.05) is 5.69 Å². The van der Waals surface area contributed by atoms with Crippen molar-refractivity contribution >= 4 is 11.5 Å². The molecule has 70 valence electrons. The normalized spacial score (nSPS) is 9.77. The van der Waals surface area contributed by atoms with Crippen molar-refractivity contribution < 1.29 is 9.53 Å². The van der Waals surface area contributed by atoms with E-state index < -0.39 is 0 Å². The Labute approximate surface area is 77.5 Å². The molecule has 0 amide bonds. The van der Waals surface area contributed by atoms with Crippen molar-refractivity contribution in [1.82, 2.24) is 0 Å². The minimum Gasteiger partial charge on any atom is -0.496 e. The summed E-state index contributed by atoms with van der Waals surface area (Å²) in [5.41, 5.74) is 7.62. The molecule has 1 rings (SSSR count). The monoisotopic (exact) mass is 179 g/mol. The van der Waals surface area contributed by atoms with Gasteiger partial charge >= 0.3 is 0 Å². The van der Waals surface area contributed by atoms with Gasteiger partial charge in [-0.1, -0.05) is 0 Å². The van der Waals surface area contributed by atoms with Crippen LogP contribution in [0, 0.1) is 6.92 Å². The first-order chi connectivity index (χ1) is 6.06. The number of nitrogen functional groups attached to an aromatic ring is 1. The second-order valence-electron chi connectivity index (χ2n) is 2.97. The van der Waals surface area contributed by atoms with E-state index in [1.54, 1.807) is 19.2 Å². The van der Waals surface area contributed by atoms with E-state index in [0.717, 1.165) is 5.56 Å². The van der Waals surface area contributed by atoms with Crippen LogP contribution in [-0.2, 0) is 0 Å². The van der Waals surface area contributed by atoms with E-state index in [9.17, 15) is 4.79 Å². The van der Waals surface area contributed by atoms with Gasteiger partial charge in [-0.15, -0.1) is 0 Å². The van der Waals surface area contributed by atoms with E-state index in [1.165, 1.54) is 6.92 Å². The number of carbonyl (C=O) groups is 1. The summed E-state index contributed by atoms with van der Waals surface area (Å²) in [4.78, 5) is 11.2. The van der Waals surface area contributed by atoms with E-state index in [4.69, 9.17) is 10.5 Å². The minimum atomic E-state index is -0.0350. The van der Waals surface area contributed by atoms with Gasteiger partial charge in [0.1, 0.15) is 5.75 Å². The quantitative estimate of drug-likeness (QED) is 0.556. The van der Waals surface area contributed by atoms with Gasteiger partial charge in [-0.05, 0) is 31.5 Å². The van der Waals surface area contributed by atoms with E-state index in [2.05, 4.69) is 0 Å². The fourth-order valence-corrected chi connectivity index (χ4v) is 1.33. The SMILES string of the molecule is COc1c(C)cc(N)cc1C(C)=O. The molecule has 2 N–H and O–H groups in total. The van der Waals surface area contributed by atoms with Crippen molar-refractivity contribution in [2.24, 2.45) is 0 Å². The topological polar surface area (TPSA) is 52.3 Å². The molecule has 0 saturated heterocycles. The Morgan fingerprint density at radius 2 is 2.08 bits per heavy atom. The second kappa shape index (κ2) is 3.47. The van der Waals surface area contributed by atoms with Crippen molar-refractivity contribution in [3.63, 3.8) is 0 Å². The Balaban J connectivity index is 3.38. The average molecular weight is 179 g/mol. The molecule has 0 heterocycles. The lowest BCUT2D eigenvalue weighted by atomic mass is 10.1. The standard InChI is InChI=1S/C10H13NO2/c1-6-4-8(11)5-9(7(2)12)10(6)13-3/h4-5H,11H2,1-3H3. The van der Waals surface area contributed by atoms with Crippen LogP contribution in [0.15, 0.2) is 12.1 Å². The summed E-state index contributed by atoms with van der Waals surface area (Å²) in [6, 6.07) is 3.42. The number of Topliss-reactive ketones (excluding diaryl/α,β-unsaturated/α-hetero) is 1. The predicted octanol–water partition coefficient (Wildman–Crippen LogP) is 1.79. The number of aryl methyl sites for hydroxylation is 1. The van der Waals surface area contributed by atoms with Gasteiger partial charge < -0.3 is 10.5 Å². The van der Waals surface area contributed by atoms with E-state index in [0.29, 0.717) is 17.0 Å². The number of ketones is 1. The number of nitrogens with two attached hydrogens (primary N) is 1. The summed E-state index contributed by atoms with van der Waals surface area (Å²) in [7, 11) is 1.55. The van der Waals surface area contributed by atoms with Crippen LogP contribution >= 0.6 is 0 Å². The molecule has 0 radical (unpaired) electrons. The Morgan fingerprint density at radius 3 is 2.54 bits per heavy atom. The number of benzene rings is 1. The molecule has 0 aromatic heterocycles. The molecule has 3 nitrogen and oxygen atoms in total. The Kier molecular flexibility index (Phi) is 2.56. The Hall–Kier alpha value is -1.51. The van der Waals surface area contributed by atoms with Gasteiger partial charge in [-0.3, -0.25) is 4.79 Å². The second-order valence-corrected chi connectivity index (χ2v) is 2.97. The zero-order chi connectivity index (χ0) is 10.0. The number of ether oxygens (including phenoxy) is 1. The van der Waals surface area contributed by atoms with Crippen molar-refractivity contribution in [3.05, 3.63) is 23.3 Å². The number of rotatable bonds is 2. The number of anilines is 1. The zero-order valence-corrected chi connectivity index (χ0v) is 8.05. The molecule has 0 spiro atoms. The van der Waals surface area contributed by atoms with Crippen molar-refractivity contribution in [2.45, 2.75) is 13.8 Å². The van der Waals surface area contributed by atoms with Gasteiger partial charge in [0.05, 0.1) is 12.7 Å². The van der Waals surface area contributed by atoms with E-state index in [-0.39, 0.29) is 5.78 Å². The molecule has 0 aliphatic heterocycles. The van der Waals surface area contributed by atoms with Gasteiger partial charge in [-0.2, -0.15) is 0 Å². The van der Waals surface area contributed by atoms with Crippen molar-refractivity contribution in [2.75, 3.05) is 12.8 Å². The lowest BCUT2D eigenvalue weighted by Crippen LogP contribution is -2.01. The van der Waals surface area contributed by atoms with Crippen LogP contribution in [0.1, 0.15) is 22.8 Å². The third kappa shape index (κ3) is 1.80. The molecule has 1 aromatic carbocycles. The first-order valence-corrected chi connectivity index (χ1v) is 4.01. The highest BCUT2D eigenvalue weighted by Crippen LogP contribution is 2.26. The summed E-state index contributed by atoms with van der Waals surface area (Å²) in [6.45, 7) is 3.36. The molecule has 3 heteroatoms. The molecule has 0 saturated carbocycles. The molecule has 0 aliphatic rings. The highest BCUT2D eigenvalue weighted by Gasteiger charge is 2.10. The van der Waals surface area contributed by atoms with Gasteiger partial charge in [0.15, 0.2) is 5.78 Å². The summed E-state index contributed by atoms with van der Waals surface area (Å²) >= 11 is 0. The third-order valence-electron chi connectivity index (χ3n) is 1.88. The van der Waals surface area contributed by atoms with Gasteiger partial charge in [0.2, 0.25) is 0 Å². The van der Waals surface area contributed by atoms with Gasteiger partial charge in [-0.25, -0.2) is 0 Å². The Morgan fingerprint density at radius 1 is 1.46 bits per heavy atom. The fraction of sp³-hybridized carbons (Fsp3) is 0.300. The molecule has 0 fully saturated rings. The molecule has 0 aliphatic carbocycles. The molecule has 1 aromatic rings. The summed E-state index contributed by atoms with van der Waals surface area (Å²) in [5.74, 6) is 0.578. The molecule has 0 bridgehead atoms. The number of carbonyl (C=O) groups excluding carboxylic acids is 1. The van der Waals surface area contributed by atoms with Crippen LogP contribution in [0.5, 0.6) is 5.75 Å². The molecule has 13 heavy (non-hydrogen) atoms. The highest BCUT2D eigenvalue weighted by molar-refractivity contribution is 5.98. The lowest BCUT2D eigenvalue weighted by Gasteiger charge is -2.09. The molecular weight excluding hydrogens is 166 g/mol. The molecule has 0 unspecified atom stereocenters. The van der Waals surface area contributed by atoms with Crippen LogP contribution in [0.25, 0.3) is 0 Å². The first kappa shape index (κ1) is 9.58. The maximum atomic E-state index is 11.2. The number of methoxy groups -OCH3 is 1. The lowest BCUT2D eigenvalue weighted by molar-refractivity contribution is 0.101. The van der Waals surface area contributed by atoms with Crippen molar-refractivity contribution in [1.29, 1.82) is 0 Å². The largest absolute Gasteiger partial charge is 0.496 e. The van der Waals surface area contributed by atoms with E-state index in [1.807, 2.05) is 6.92 Å². The smallest absolute Gasteiger partial charge is 0.163 e. The van der Waals surface area contributed by atoms with Crippen LogP contribution in [0.4, 0.5) is 5.69 Å². The average Bonchev–Trinajstić information content (AvgIpc) is 2.02. The van der Waals surface area contributed by atoms with Crippen molar-refractivity contribution in [3.8, 4) is 5.75 Å². The van der Waals surface area contributed by atoms with Gasteiger partial charge in [0.25, 0.3) is 0 Å². The fourth-order valence-electron chi connectivity index (χ4n) is 1.33. The summed E-state index contributed by atoms with van der Waals surface area (Å²) in [5, 5.41) is 0. The maximum Gasteiger partial charge on any atom is 0.163 e. The molecular formula is C10H13NO2. The minimum absolute atomic E-state index is 0.0350. The number of hydrogen-bond donors (Lipinski definition) is 1. The summed E-state index contributed by atoms with van der Waals surface area (Å²) < 4.78 is 5.12. The summed E-state index contributed by atoms with van der Waals surface area (Å²) in [6.07, 6.45) is 0. The maximum absolute atomic E-state index is 11.2. The number of hydrogen-bond acceptors (Lipinski definition) is 3. The van der Waals surface area contributed by atoms with Crippen LogP contribution < -0.4 is 10.5 Å². The van der Waals surface area contributed by atoms with E-state index >= 15 is 0 Å². The highest BCUT2D eigenvalue weighted by atomic mass is 16.5. The van der Waals surface area contributed by atoms with Crippen LogP contribution in [0.3, 0.4) is 0 Å². The zero-order valence-electron chi connectivity index (χ0n) is 8.05. The van der Waals surface area contributed by atoms with Crippen LogP contribution in [-0.4, -0.2) is 12.9 Å². The first-order valence-electron chi connectivity index (χ1n) is 4.01. The third-order valence-corrected chi connectivity index (χ3v) is 1.88. The van der Waals surface area contributed by atoms with Crippen LogP contribution in [0.2, 0.25) is 0 Å². The Bertz CT molecular complexity index is 345. The molecule has 0 atom stereocenters. The predicted molar refractivity (Wildman–Crippen MR) is 52.1 cm³/mol.